The van der Waals surface area contributed by atoms with Crippen LogP contribution in [0.3, 0.4) is 0 Å². The fraction of sp³-hybridized carbons (Fsp3) is 0.0952. The van der Waals surface area contributed by atoms with Crippen LogP contribution in [-0.4, -0.2) is 13.0 Å². The number of anilines is 1. The molecule has 0 spiro atoms. The maximum Gasteiger partial charge on any atom is 0.291 e. The number of carbonyl (C=O) groups is 1. The third-order valence-electron chi connectivity index (χ3n) is 4.39. The van der Waals surface area contributed by atoms with Gasteiger partial charge in [-0.2, -0.15) is 0 Å². The number of hydrogen-bond acceptors (Lipinski definition) is 3. The first-order valence-electron chi connectivity index (χ1n) is 8.03. The fourth-order valence-corrected chi connectivity index (χ4v) is 3.06. The Balaban J connectivity index is 1.73. The Morgan fingerprint density at radius 1 is 1.00 bits per heavy atom. The summed E-state index contributed by atoms with van der Waals surface area (Å²) in [5, 5.41) is 5.91. The van der Waals surface area contributed by atoms with Gasteiger partial charge in [0.25, 0.3) is 5.91 Å². The summed E-state index contributed by atoms with van der Waals surface area (Å²) in [7, 11) is 1.62. The summed E-state index contributed by atoms with van der Waals surface area (Å²) < 4.78 is 11.0. The van der Waals surface area contributed by atoms with E-state index in [2.05, 4.69) is 5.32 Å². The summed E-state index contributed by atoms with van der Waals surface area (Å²) in [5.74, 6) is 0.789. The minimum absolute atomic E-state index is 0.260. The van der Waals surface area contributed by atoms with Crippen LogP contribution in [0.15, 0.2) is 65.1 Å². The second-order valence-corrected chi connectivity index (χ2v) is 5.90. The normalized spacial score (nSPS) is 11.0. The highest BCUT2D eigenvalue weighted by atomic mass is 16.5. The molecule has 0 aliphatic rings. The van der Waals surface area contributed by atoms with Crippen LogP contribution in [0, 0.1) is 6.92 Å². The van der Waals surface area contributed by atoms with Gasteiger partial charge in [-0.1, -0.05) is 36.4 Å². The summed E-state index contributed by atoms with van der Waals surface area (Å²) in [4.78, 5) is 12.8. The van der Waals surface area contributed by atoms with Gasteiger partial charge in [0, 0.05) is 22.0 Å². The van der Waals surface area contributed by atoms with Crippen molar-refractivity contribution in [3.63, 3.8) is 0 Å². The lowest BCUT2D eigenvalue weighted by molar-refractivity contribution is 0.0998. The van der Waals surface area contributed by atoms with Crippen LogP contribution in [0.4, 0.5) is 5.69 Å². The maximum absolute atomic E-state index is 12.8. The summed E-state index contributed by atoms with van der Waals surface area (Å²) in [6, 6.07) is 19.3. The molecule has 4 aromatic rings. The third kappa shape index (κ3) is 2.62. The summed E-state index contributed by atoms with van der Waals surface area (Å²) in [6.07, 6.45) is 0. The van der Waals surface area contributed by atoms with Crippen molar-refractivity contribution >= 4 is 33.3 Å². The monoisotopic (exact) mass is 331 g/mol. The van der Waals surface area contributed by atoms with E-state index < -0.39 is 0 Å². The lowest BCUT2D eigenvalue weighted by Gasteiger charge is -2.07. The van der Waals surface area contributed by atoms with Crippen molar-refractivity contribution in [3.05, 3.63) is 72.0 Å². The van der Waals surface area contributed by atoms with Crippen molar-refractivity contribution in [2.75, 3.05) is 12.4 Å². The highest BCUT2D eigenvalue weighted by Gasteiger charge is 2.18. The average molecular weight is 331 g/mol. The van der Waals surface area contributed by atoms with Crippen LogP contribution in [0.1, 0.15) is 16.1 Å². The lowest BCUT2D eigenvalue weighted by Crippen LogP contribution is -2.12. The van der Waals surface area contributed by atoms with Gasteiger partial charge in [-0.15, -0.1) is 0 Å². The van der Waals surface area contributed by atoms with Crippen LogP contribution >= 0.6 is 0 Å². The lowest BCUT2D eigenvalue weighted by atomic mass is 10.1. The predicted molar refractivity (Wildman–Crippen MR) is 99.4 cm³/mol. The zero-order chi connectivity index (χ0) is 17.4. The van der Waals surface area contributed by atoms with Crippen LogP contribution in [0.2, 0.25) is 0 Å². The number of benzene rings is 3. The Bertz CT molecular complexity index is 1090. The second kappa shape index (κ2) is 5.98. The molecule has 3 aromatic carbocycles. The first-order valence-corrected chi connectivity index (χ1v) is 8.03. The molecule has 0 fully saturated rings. The number of aryl methyl sites for hydroxylation is 1. The van der Waals surface area contributed by atoms with E-state index in [0.29, 0.717) is 11.3 Å². The van der Waals surface area contributed by atoms with Crippen LogP contribution < -0.4 is 10.1 Å². The molecule has 0 aliphatic carbocycles. The standard InChI is InChI=1S/C21H17NO3/c1-13-17-12-15(24-2)10-11-19(17)25-20(13)21(23)22-18-9-5-7-14-6-3-4-8-16(14)18/h3-12H,1-2H3,(H,22,23). The molecule has 1 aromatic heterocycles. The largest absolute Gasteiger partial charge is 0.497 e. The van der Waals surface area contributed by atoms with Gasteiger partial charge in [0.05, 0.1) is 7.11 Å². The van der Waals surface area contributed by atoms with E-state index >= 15 is 0 Å². The number of rotatable bonds is 3. The molecule has 0 radical (unpaired) electrons. The van der Waals surface area contributed by atoms with Crippen LogP contribution in [0.25, 0.3) is 21.7 Å². The topological polar surface area (TPSA) is 51.5 Å². The minimum Gasteiger partial charge on any atom is -0.497 e. The Morgan fingerprint density at radius 2 is 1.80 bits per heavy atom. The Morgan fingerprint density at radius 3 is 2.64 bits per heavy atom. The van der Waals surface area contributed by atoms with Crippen LogP contribution in [-0.2, 0) is 0 Å². The van der Waals surface area contributed by atoms with E-state index in [1.165, 1.54) is 0 Å². The van der Waals surface area contributed by atoms with Gasteiger partial charge >= 0.3 is 0 Å². The number of methoxy groups -OCH3 is 1. The van der Waals surface area contributed by atoms with E-state index in [9.17, 15) is 4.79 Å². The molecular weight excluding hydrogens is 314 g/mol. The third-order valence-corrected chi connectivity index (χ3v) is 4.39. The molecule has 0 atom stereocenters. The molecule has 124 valence electrons. The van der Waals surface area contributed by atoms with Crippen molar-refractivity contribution in [2.24, 2.45) is 0 Å². The average Bonchev–Trinajstić information content (AvgIpc) is 2.98. The van der Waals surface area contributed by atoms with E-state index in [-0.39, 0.29) is 5.91 Å². The van der Waals surface area contributed by atoms with E-state index in [1.807, 2.05) is 67.6 Å². The van der Waals surface area contributed by atoms with Gasteiger partial charge in [-0.25, -0.2) is 0 Å². The van der Waals surface area contributed by atoms with Gasteiger partial charge in [-0.3, -0.25) is 4.79 Å². The van der Waals surface area contributed by atoms with E-state index in [1.54, 1.807) is 7.11 Å². The van der Waals surface area contributed by atoms with Gasteiger partial charge in [0.2, 0.25) is 0 Å². The molecule has 1 heterocycles. The molecule has 0 saturated carbocycles. The SMILES string of the molecule is COc1ccc2oc(C(=O)Nc3cccc4ccccc34)c(C)c2c1. The Hall–Kier alpha value is -3.27. The second-order valence-electron chi connectivity index (χ2n) is 5.90. The number of nitrogens with one attached hydrogen (secondary N) is 1. The van der Waals surface area contributed by atoms with Gasteiger partial charge in [-0.05, 0) is 36.6 Å². The molecule has 0 unspecified atom stereocenters. The zero-order valence-corrected chi connectivity index (χ0v) is 14.0. The summed E-state index contributed by atoms with van der Waals surface area (Å²) in [6.45, 7) is 1.88. The molecule has 0 bridgehead atoms. The van der Waals surface area contributed by atoms with E-state index in [4.69, 9.17) is 9.15 Å². The van der Waals surface area contributed by atoms with Crippen molar-refractivity contribution < 1.29 is 13.9 Å². The molecule has 1 N–H and O–H groups in total. The quantitative estimate of drug-likeness (QED) is 0.564. The van der Waals surface area contributed by atoms with Gasteiger partial charge in [0.1, 0.15) is 11.3 Å². The highest BCUT2D eigenvalue weighted by molar-refractivity contribution is 6.10. The molecule has 4 rings (SSSR count). The smallest absolute Gasteiger partial charge is 0.291 e. The molecule has 0 aliphatic heterocycles. The molecule has 4 heteroatoms. The maximum atomic E-state index is 12.8. The van der Waals surface area contributed by atoms with Crippen molar-refractivity contribution in [2.45, 2.75) is 6.92 Å². The Labute approximate surface area is 145 Å². The molecule has 1 amide bonds. The minimum atomic E-state index is -0.260. The Kier molecular flexibility index (Phi) is 3.65. The number of ether oxygens (including phenoxy) is 1. The summed E-state index contributed by atoms with van der Waals surface area (Å²) in [5.41, 5.74) is 2.23. The number of fused-ring (bicyclic) bond motifs is 2. The zero-order valence-electron chi connectivity index (χ0n) is 14.0. The van der Waals surface area contributed by atoms with Crippen molar-refractivity contribution in [1.82, 2.24) is 0 Å². The number of amides is 1. The fourth-order valence-electron chi connectivity index (χ4n) is 3.06. The molecular formula is C21H17NO3. The first kappa shape index (κ1) is 15.3. The first-order chi connectivity index (χ1) is 12.2. The number of hydrogen-bond donors (Lipinski definition) is 1. The van der Waals surface area contributed by atoms with Gasteiger partial charge in [0.15, 0.2) is 5.76 Å². The molecule has 4 nitrogen and oxygen atoms in total. The molecule has 25 heavy (non-hydrogen) atoms. The predicted octanol–water partition coefficient (Wildman–Crippen LogP) is 5.16. The van der Waals surface area contributed by atoms with Crippen molar-refractivity contribution in [1.29, 1.82) is 0 Å². The highest BCUT2D eigenvalue weighted by Crippen LogP contribution is 2.30. The van der Waals surface area contributed by atoms with E-state index in [0.717, 1.165) is 33.2 Å². The number of carbonyl (C=O) groups excluding carboxylic acids is 1. The molecule has 0 saturated heterocycles. The van der Waals surface area contributed by atoms with Crippen molar-refractivity contribution in [3.8, 4) is 5.75 Å². The number of furan rings is 1. The van der Waals surface area contributed by atoms with Crippen LogP contribution in [0.5, 0.6) is 5.75 Å². The van der Waals surface area contributed by atoms with Gasteiger partial charge < -0.3 is 14.5 Å². The summed E-state index contributed by atoms with van der Waals surface area (Å²) >= 11 is 0.